The minimum Gasteiger partial charge on any atom is -0.484 e. The van der Waals surface area contributed by atoms with Gasteiger partial charge in [0.05, 0.1) is 10.1 Å². The number of halogens is 1. The molecule has 0 unspecified atom stereocenters. The van der Waals surface area contributed by atoms with E-state index in [0.717, 1.165) is 25.7 Å². The van der Waals surface area contributed by atoms with Crippen molar-refractivity contribution >= 4 is 33.0 Å². The third-order valence-corrected chi connectivity index (χ3v) is 6.89. The van der Waals surface area contributed by atoms with Crippen LogP contribution < -0.4 is 10.1 Å². The number of anilines is 1. The van der Waals surface area contributed by atoms with Crippen molar-refractivity contribution < 1.29 is 17.9 Å². The Kier molecular flexibility index (Phi) is 5.84. The van der Waals surface area contributed by atoms with Gasteiger partial charge in [0.2, 0.25) is 0 Å². The van der Waals surface area contributed by atoms with Crippen LogP contribution in [0.4, 0.5) is 5.69 Å². The molecule has 0 spiro atoms. The molecular weight excluding hydrogens is 374 g/mol. The summed E-state index contributed by atoms with van der Waals surface area (Å²) < 4.78 is 30.4. The van der Waals surface area contributed by atoms with Gasteiger partial charge >= 0.3 is 0 Å². The molecule has 0 aliphatic heterocycles. The summed E-state index contributed by atoms with van der Waals surface area (Å²) in [5, 5.41) is 2.93. The largest absolute Gasteiger partial charge is 0.484 e. The van der Waals surface area contributed by atoms with Crippen LogP contribution in [0, 0.1) is 0 Å². The van der Waals surface area contributed by atoms with Gasteiger partial charge in [-0.05, 0) is 55.3 Å². The van der Waals surface area contributed by atoms with Crippen LogP contribution in [0.25, 0.3) is 0 Å². The first kappa shape index (κ1) is 18.7. The Bertz CT molecular complexity index is 875. The van der Waals surface area contributed by atoms with Gasteiger partial charge in [0.1, 0.15) is 5.75 Å². The molecule has 1 fully saturated rings. The van der Waals surface area contributed by atoms with E-state index in [0.29, 0.717) is 21.4 Å². The number of amides is 1. The minimum atomic E-state index is -3.28. The molecule has 0 saturated heterocycles. The van der Waals surface area contributed by atoms with E-state index in [1.165, 1.54) is 0 Å². The van der Waals surface area contributed by atoms with Crippen molar-refractivity contribution in [1.82, 2.24) is 0 Å². The highest BCUT2D eigenvalue weighted by Gasteiger charge is 2.30. The zero-order valence-electron chi connectivity index (χ0n) is 14.2. The predicted molar refractivity (Wildman–Crippen MR) is 101 cm³/mol. The number of carbonyl (C=O) groups excluding carboxylic acids is 1. The van der Waals surface area contributed by atoms with Crippen LogP contribution in [0.5, 0.6) is 5.75 Å². The van der Waals surface area contributed by atoms with E-state index in [1.807, 2.05) is 0 Å². The molecular formula is C19H20ClNO4S. The van der Waals surface area contributed by atoms with Gasteiger partial charge in [-0.3, -0.25) is 4.79 Å². The summed E-state index contributed by atoms with van der Waals surface area (Å²) in [5.74, 6) is 0.169. The molecule has 1 aliphatic carbocycles. The van der Waals surface area contributed by atoms with Gasteiger partial charge in [-0.2, -0.15) is 0 Å². The first-order valence-corrected chi connectivity index (χ1v) is 10.4. The summed E-state index contributed by atoms with van der Waals surface area (Å²) in [4.78, 5) is 12.3. The standard InChI is InChI=1S/C19H20ClNO4S/c20-14-4-3-5-16(12-14)25-13-19(22)21-15-8-10-18(11-9-15)26(23,24)17-6-1-2-7-17/h3-5,8-12,17H,1-2,6-7,13H2,(H,21,22). The molecule has 3 rings (SSSR count). The average molecular weight is 394 g/mol. The van der Waals surface area contributed by atoms with Crippen LogP contribution in [0.1, 0.15) is 25.7 Å². The van der Waals surface area contributed by atoms with Crippen molar-refractivity contribution in [3.05, 3.63) is 53.6 Å². The smallest absolute Gasteiger partial charge is 0.262 e. The number of carbonyl (C=O) groups is 1. The highest BCUT2D eigenvalue weighted by atomic mass is 35.5. The maximum atomic E-state index is 12.5. The quantitative estimate of drug-likeness (QED) is 0.802. The number of sulfone groups is 1. The van der Waals surface area contributed by atoms with Crippen molar-refractivity contribution in [1.29, 1.82) is 0 Å². The summed E-state index contributed by atoms with van der Waals surface area (Å²) in [6.45, 7) is -0.164. The zero-order valence-corrected chi connectivity index (χ0v) is 15.7. The fourth-order valence-electron chi connectivity index (χ4n) is 3.02. The van der Waals surface area contributed by atoms with E-state index in [2.05, 4.69) is 5.32 Å². The Morgan fingerprint density at radius 1 is 1.12 bits per heavy atom. The number of ether oxygens (including phenoxy) is 1. The van der Waals surface area contributed by atoms with Crippen molar-refractivity contribution in [3.63, 3.8) is 0 Å². The highest BCUT2D eigenvalue weighted by molar-refractivity contribution is 7.92. The summed E-state index contributed by atoms with van der Waals surface area (Å²) in [5.41, 5.74) is 0.523. The highest BCUT2D eigenvalue weighted by Crippen LogP contribution is 2.30. The second-order valence-electron chi connectivity index (χ2n) is 6.27. The molecule has 7 heteroatoms. The molecule has 0 atom stereocenters. The third-order valence-electron chi connectivity index (χ3n) is 4.37. The monoisotopic (exact) mass is 393 g/mol. The van der Waals surface area contributed by atoms with E-state index in [-0.39, 0.29) is 17.8 Å². The zero-order chi connectivity index (χ0) is 18.6. The maximum absolute atomic E-state index is 12.5. The molecule has 1 N–H and O–H groups in total. The molecule has 26 heavy (non-hydrogen) atoms. The van der Waals surface area contributed by atoms with Crippen LogP contribution in [-0.4, -0.2) is 26.2 Å². The van der Waals surface area contributed by atoms with E-state index >= 15 is 0 Å². The van der Waals surface area contributed by atoms with Gasteiger partial charge in [-0.15, -0.1) is 0 Å². The lowest BCUT2D eigenvalue weighted by molar-refractivity contribution is -0.118. The molecule has 0 bridgehead atoms. The Morgan fingerprint density at radius 2 is 1.81 bits per heavy atom. The third kappa shape index (κ3) is 4.56. The summed E-state index contributed by atoms with van der Waals surface area (Å²) in [7, 11) is -3.28. The van der Waals surface area contributed by atoms with Crippen molar-refractivity contribution in [3.8, 4) is 5.75 Å². The molecule has 0 radical (unpaired) electrons. The maximum Gasteiger partial charge on any atom is 0.262 e. The van der Waals surface area contributed by atoms with Gasteiger partial charge in [0.25, 0.3) is 5.91 Å². The molecule has 5 nitrogen and oxygen atoms in total. The van der Waals surface area contributed by atoms with Gasteiger partial charge in [-0.25, -0.2) is 8.42 Å². The lowest BCUT2D eigenvalue weighted by atomic mass is 10.3. The van der Waals surface area contributed by atoms with Gasteiger partial charge in [0.15, 0.2) is 16.4 Å². The Hall–Kier alpha value is -2.05. The van der Waals surface area contributed by atoms with E-state index < -0.39 is 9.84 Å². The van der Waals surface area contributed by atoms with Crippen LogP contribution in [0.2, 0.25) is 5.02 Å². The molecule has 138 valence electrons. The van der Waals surface area contributed by atoms with Crippen LogP contribution in [0.3, 0.4) is 0 Å². The van der Waals surface area contributed by atoms with Crippen LogP contribution in [-0.2, 0) is 14.6 Å². The number of nitrogens with one attached hydrogen (secondary N) is 1. The van der Waals surface area contributed by atoms with Crippen LogP contribution in [0.15, 0.2) is 53.4 Å². The van der Waals surface area contributed by atoms with Gasteiger partial charge in [0, 0.05) is 10.7 Å². The molecule has 1 saturated carbocycles. The Balaban J connectivity index is 1.57. The van der Waals surface area contributed by atoms with E-state index in [4.69, 9.17) is 16.3 Å². The van der Waals surface area contributed by atoms with Gasteiger partial charge < -0.3 is 10.1 Å². The fraction of sp³-hybridized carbons (Fsp3) is 0.316. The molecule has 1 aliphatic rings. The average Bonchev–Trinajstić information content (AvgIpc) is 3.16. The molecule has 2 aromatic carbocycles. The Labute approximate surface area is 158 Å². The molecule has 0 aromatic heterocycles. The van der Waals surface area contributed by atoms with Crippen molar-refractivity contribution in [2.45, 2.75) is 35.8 Å². The topological polar surface area (TPSA) is 72.5 Å². The normalized spacial score (nSPS) is 15.0. The second kappa shape index (κ2) is 8.10. The summed E-state index contributed by atoms with van der Waals surface area (Å²) in [6.07, 6.45) is 3.37. The number of hydrogen-bond acceptors (Lipinski definition) is 4. The predicted octanol–water partition coefficient (Wildman–Crippen LogP) is 4.07. The fourth-order valence-corrected chi connectivity index (χ4v) is 5.06. The van der Waals surface area contributed by atoms with Crippen molar-refractivity contribution in [2.75, 3.05) is 11.9 Å². The van der Waals surface area contributed by atoms with Crippen molar-refractivity contribution in [2.24, 2.45) is 0 Å². The SMILES string of the molecule is O=C(COc1cccc(Cl)c1)Nc1ccc(S(=O)(=O)C2CCCC2)cc1. The minimum absolute atomic E-state index is 0.164. The van der Waals surface area contributed by atoms with Crippen LogP contribution >= 0.6 is 11.6 Å². The number of rotatable bonds is 6. The number of hydrogen-bond donors (Lipinski definition) is 1. The van der Waals surface area contributed by atoms with E-state index in [9.17, 15) is 13.2 Å². The molecule has 2 aromatic rings. The first-order valence-electron chi connectivity index (χ1n) is 8.47. The van der Waals surface area contributed by atoms with Gasteiger partial charge in [-0.1, -0.05) is 30.5 Å². The molecule has 1 amide bonds. The second-order valence-corrected chi connectivity index (χ2v) is 8.93. The Morgan fingerprint density at radius 3 is 2.46 bits per heavy atom. The molecule has 0 heterocycles. The lowest BCUT2D eigenvalue weighted by Gasteiger charge is -2.12. The first-order chi connectivity index (χ1) is 12.4. The number of benzene rings is 2. The lowest BCUT2D eigenvalue weighted by Crippen LogP contribution is -2.20. The summed E-state index contributed by atoms with van der Waals surface area (Å²) >= 11 is 5.86. The van der Waals surface area contributed by atoms with E-state index in [1.54, 1.807) is 48.5 Å². The summed E-state index contributed by atoms with van der Waals surface area (Å²) in [6, 6.07) is 13.1.